The minimum Gasteiger partial charge on any atom is -0.331 e. The highest BCUT2D eigenvalue weighted by atomic mass is 35.5. The molecule has 0 bridgehead atoms. The van der Waals surface area contributed by atoms with Crippen molar-refractivity contribution >= 4 is 69.3 Å². The summed E-state index contributed by atoms with van der Waals surface area (Å²) in [5.41, 5.74) is 1.87. The molecule has 3 rings (SSSR count). The van der Waals surface area contributed by atoms with E-state index in [0.717, 1.165) is 5.52 Å². The van der Waals surface area contributed by atoms with Crippen LogP contribution in [-0.2, 0) is 4.79 Å². The van der Waals surface area contributed by atoms with Crippen LogP contribution in [0, 0.1) is 0 Å². The first-order valence-corrected chi connectivity index (χ1v) is 8.52. The van der Waals surface area contributed by atoms with Crippen LogP contribution in [0.2, 0.25) is 15.1 Å². The summed E-state index contributed by atoms with van der Waals surface area (Å²) in [5, 5.41) is 4.69. The van der Waals surface area contributed by atoms with Gasteiger partial charge in [0.25, 0.3) is 0 Å². The third-order valence-corrected chi connectivity index (χ3v) is 4.64. The number of imidazole rings is 1. The normalized spacial score (nSPS) is 10.9. The van der Waals surface area contributed by atoms with Crippen molar-refractivity contribution < 1.29 is 4.79 Å². The van der Waals surface area contributed by atoms with E-state index in [1.54, 1.807) is 24.3 Å². The van der Waals surface area contributed by atoms with Crippen LogP contribution >= 0.6 is 46.6 Å². The van der Waals surface area contributed by atoms with Gasteiger partial charge in [-0.25, -0.2) is 9.97 Å². The fourth-order valence-electron chi connectivity index (χ4n) is 1.83. The van der Waals surface area contributed by atoms with Gasteiger partial charge in [0, 0.05) is 11.9 Å². The second-order valence-corrected chi connectivity index (χ2v) is 6.75. The minimum atomic E-state index is -0.181. The molecule has 5 nitrogen and oxygen atoms in total. The molecule has 0 spiro atoms. The third-order valence-electron chi connectivity index (χ3n) is 2.83. The number of benzene rings is 1. The first kappa shape index (κ1) is 16.4. The molecule has 1 amide bonds. The SMILES string of the molecule is O=C(CSc1nc2ncc(Cl)cc2[nH]1)Nc1ccc(Cl)c(Cl)c1. The molecule has 3 aromatic rings. The summed E-state index contributed by atoms with van der Waals surface area (Å²) in [7, 11) is 0. The van der Waals surface area contributed by atoms with E-state index in [2.05, 4.69) is 20.3 Å². The Hall–Kier alpha value is -1.47. The number of nitrogens with one attached hydrogen (secondary N) is 2. The van der Waals surface area contributed by atoms with Crippen LogP contribution < -0.4 is 5.32 Å². The van der Waals surface area contributed by atoms with Crippen molar-refractivity contribution in [1.29, 1.82) is 0 Å². The summed E-state index contributed by atoms with van der Waals surface area (Å²) in [6.45, 7) is 0. The van der Waals surface area contributed by atoms with Gasteiger partial charge in [0.1, 0.15) is 0 Å². The lowest BCUT2D eigenvalue weighted by molar-refractivity contribution is -0.113. The van der Waals surface area contributed by atoms with Gasteiger partial charge in [0.15, 0.2) is 10.8 Å². The van der Waals surface area contributed by atoms with Crippen molar-refractivity contribution in [2.45, 2.75) is 5.16 Å². The van der Waals surface area contributed by atoms with Gasteiger partial charge in [-0.1, -0.05) is 46.6 Å². The molecule has 0 saturated heterocycles. The van der Waals surface area contributed by atoms with Crippen LogP contribution in [0.1, 0.15) is 0 Å². The Morgan fingerprint density at radius 3 is 2.83 bits per heavy atom. The van der Waals surface area contributed by atoms with Crippen molar-refractivity contribution in [3.05, 3.63) is 45.5 Å². The van der Waals surface area contributed by atoms with E-state index in [1.807, 2.05) is 0 Å². The predicted octanol–water partition coefficient (Wildman–Crippen LogP) is 4.65. The summed E-state index contributed by atoms with van der Waals surface area (Å²) in [6, 6.07) is 6.64. The number of halogens is 3. The molecular formula is C14H9Cl3N4OS. The van der Waals surface area contributed by atoms with Gasteiger partial charge in [-0.05, 0) is 24.3 Å². The zero-order valence-corrected chi connectivity index (χ0v) is 14.5. The van der Waals surface area contributed by atoms with E-state index in [4.69, 9.17) is 34.8 Å². The number of hydrogen-bond acceptors (Lipinski definition) is 4. The number of thioether (sulfide) groups is 1. The number of carbonyl (C=O) groups is 1. The second kappa shape index (κ2) is 6.97. The van der Waals surface area contributed by atoms with E-state index in [1.165, 1.54) is 18.0 Å². The molecule has 1 aromatic carbocycles. The number of amides is 1. The molecule has 9 heteroatoms. The van der Waals surface area contributed by atoms with Gasteiger partial charge in [-0.3, -0.25) is 4.79 Å². The molecular weight excluding hydrogens is 379 g/mol. The molecule has 2 heterocycles. The van der Waals surface area contributed by atoms with Crippen LogP contribution in [0.3, 0.4) is 0 Å². The van der Waals surface area contributed by atoms with Crippen LogP contribution in [-0.4, -0.2) is 26.6 Å². The molecule has 23 heavy (non-hydrogen) atoms. The summed E-state index contributed by atoms with van der Waals surface area (Å²) in [5.74, 6) is 0.00759. The van der Waals surface area contributed by atoms with Crippen LogP contribution in [0.25, 0.3) is 11.2 Å². The maximum absolute atomic E-state index is 12.0. The number of carbonyl (C=O) groups excluding carboxylic acids is 1. The van der Waals surface area contributed by atoms with Gasteiger partial charge < -0.3 is 10.3 Å². The predicted molar refractivity (Wildman–Crippen MR) is 94.7 cm³/mol. The zero-order valence-electron chi connectivity index (χ0n) is 11.4. The van der Waals surface area contributed by atoms with E-state index in [0.29, 0.717) is 31.6 Å². The Morgan fingerprint density at radius 1 is 1.22 bits per heavy atom. The second-order valence-electron chi connectivity index (χ2n) is 4.53. The number of aromatic nitrogens is 3. The number of hydrogen-bond donors (Lipinski definition) is 2. The smallest absolute Gasteiger partial charge is 0.234 e. The first-order chi connectivity index (χ1) is 11.0. The van der Waals surface area contributed by atoms with Crippen molar-refractivity contribution in [3.8, 4) is 0 Å². The monoisotopic (exact) mass is 386 g/mol. The van der Waals surface area contributed by atoms with Crippen molar-refractivity contribution in [1.82, 2.24) is 15.0 Å². The van der Waals surface area contributed by atoms with Gasteiger partial charge in [-0.2, -0.15) is 0 Å². The van der Waals surface area contributed by atoms with Gasteiger partial charge in [-0.15, -0.1) is 0 Å². The average Bonchev–Trinajstić information content (AvgIpc) is 2.91. The van der Waals surface area contributed by atoms with Crippen molar-refractivity contribution in [2.24, 2.45) is 0 Å². The number of H-pyrrole nitrogens is 1. The Bertz CT molecular complexity index is 884. The van der Waals surface area contributed by atoms with Crippen LogP contribution in [0.5, 0.6) is 0 Å². The largest absolute Gasteiger partial charge is 0.331 e. The topological polar surface area (TPSA) is 70.7 Å². The quantitative estimate of drug-likeness (QED) is 0.639. The number of pyridine rings is 1. The lowest BCUT2D eigenvalue weighted by Gasteiger charge is -2.05. The highest BCUT2D eigenvalue weighted by molar-refractivity contribution is 7.99. The van der Waals surface area contributed by atoms with Crippen molar-refractivity contribution in [2.75, 3.05) is 11.1 Å². The van der Waals surface area contributed by atoms with E-state index in [9.17, 15) is 4.79 Å². The average molecular weight is 388 g/mol. The number of fused-ring (bicyclic) bond motifs is 1. The highest BCUT2D eigenvalue weighted by Crippen LogP contribution is 2.25. The first-order valence-electron chi connectivity index (χ1n) is 6.40. The Kier molecular flexibility index (Phi) is 4.96. The molecule has 2 N–H and O–H groups in total. The Morgan fingerprint density at radius 2 is 2.04 bits per heavy atom. The molecule has 2 aromatic heterocycles. The fourth-order valence-corrected chi connectivity index (χ4v) is 2.95. The molecule has 0 aliphatic rings. The summed E-state index contributed by atoms with van der Waals surface area (Å²) in [6.07, 6.45) is 1.52. The minimum absolute atomic E-state index is 0.181. The molecule has 0 unspecified atom stereocenters. The van der Waals surface area contributed by atoms with Crippen LogP contribution in [0.15, 0.2) is 35.6 Å². The number of rotatable bonds is 4. The van der Waals surface area contributed by atoms with Gasteiger partial charge in [0.05, 0.1) is 26.3 Å². The van der Waals surface area contributed by atoms with E-state index < -0.39 is 0 Å². The molecule has 0 aliphatic heterocycles. The molecule has 0 radical (unpaired) electrons. The molecule has 0 fully saturated rings. The number of nitrogens with zero attached hydrogens (tertiary/aromatic N) is 2. The molecule has 0 atom stereocenters. The van der Waals surface area contributed by atoms with E-state index in [-0.39, 0.29) is 11.7 Å². The van der Waals surface area contributed by atoms with Gasteiger partial charge in [0.2, 0.25) is 5.91 Å². The lowest BCUT2D eigenvalue weighted by atomic mass is 10.3. The van der Waals surface area contributed by atoms with E-state index >= 15 is 0 Å². The summed E-state index contributed by atoms with van der Waals surface area (Å²) < 4.78 is 0. The molecule has 0 saturated carbocycles. The third kappa shape index (κ3) is 4.09. The zero-order chi connectivity index (χ0) is 16.4. The standard InChI is InChI=1S/C14H9Cl3N4OS/c15-7-3-11-13(18-5-7)21-14(20-11)23-6-12(22)19-8-1-2-9(16)10(17)4-8/h1-5H,6H2,(H,19,22)(H,18,20,21). The lowest BCUT2D eigenvalue weighted by Crippen LogP contribution is -2.14. The van der Waals surface area contributed by atoms with Gasteiger partial charge >= 0.3 is 0 Å². The molecule has 0 aliphatic carbocycles. The maximum atomic E-state index is 12.0. The summed E-state index contributed by atoms with van der Waals surface area (Å²) >= 11 is 18.9. The van der Waals surface area contributed by atoms with Crippen molar-refractivity contribution in [3.63, 3.8) is 0 Å². The number of anilines is 1. The summed E-state index contributed by atoms with van der Waals surface area (Å²) in [4.78, 5) is 23.4. The highest BCUT2D eigenvalue weighted by Gasteiger charge is 2.09. The Balaban J connectivity index is 1.62. The number of aromatic amines is 1. The maximum Gasteiger partial charge on any atom is 0.234 e. The van der Waals surface area contributed by atoms with Crippen LogP contribution in [0.4, 0.5) is 5.69 Å². The molecule has 118 valence electrons. The Labute approximate surface area is 150 Å². The fraction of sp³-hybridized carbons (Fsp3) is 0.0714.